The van der Waals surface area contributed by atoms with Crippen molar-refractivity contribution < 1.29 is 0 Å². The lowest BCUT2D eigenvalue weighted by Crippen LogP contribution is -2.37. The zero-order valence-electron chi connectivity index (χ0n) is 11.6. The fourth-order valence-electron chi connectivity index (χ4n) is 3.31. The van der Waals surface area contributed by atoms with Gasteiger partial charge in [-0.15, -0.1) is 0 Å². The van der Waals surface area contributed by atoms with E-state index in [4.69, 9.17) is 11.6 Å². The van der Waals surface area contributed by atoms with E-state index >= 15 is 0 Å². The first-order chi connectivity index (χ1) is 8.54. The van der Waals surface area contributed by atoms with E-state index in [1.165, 1.54) is 24.8 Å². The van der Waals surface area contributed by atoms with Crippen LogP contribution in [0.5, 0.6) is 0 Å². The summed E-state index contributed by atoms with van der Waals surface area (Å²) < 4.78 is 0. The molecule has 1 N–H and O–H groups in total. The van der Waals surface area contributed by atoms with Gasteiger partial charge in [0.1, 0.15) is 0 Å². The summed E-state index contributed by atoms with van der Waals surface area (Å²) in [5.74, 6) is 1.69. The summed E-state index contributed by atoms with van der Waals surface area (Å²) in [5, 5.41) is 4.59. The van der Waals surface area contributed by atoms with Crippen molar-refractivity contribution in [2.75, 3.05) is 0 Å². The molecule has 3 atom stereocenters. The third kappa shape index (κ3) is 3.73. The maximum Gasteiger partial charge on any atom is 0.0409 e. The van der Waals surface area contributed by atoms with Crippen LogP contribution in [0.4, 0.5) is 0 Å². The monoisotopic (exact) mass is 265 g/mol. The Balaban J connectivity index is 1.96. The zero-order valence-corrected chi connectivity index (χ0v) is 12.4. The van der Waals surface area contributed by atoms with Crippen molar-refractivity contribution in [1.82, 2.24) is 5.32 Å². The van der Waals surface area contributed by atoms with Crippen molar-refractivity contribution in [3.8, 4) is 0 Å². The second-order valence-corrected chi connectivity index (χ2v) is 6.49. The summed E-state index contributed by atoms with van der Waals surface area (Å²) in [7, 11) is 0. The molecule has 1 aromatic carbocycles. The molecule has 18 heavy (non-hydrogen) atoms. The molecule has 2 heteroatoms. The highest BCUT2D eigenvalue weighted by molar-refractivity contribution is 6.30. The van der Waals surface area contributed by atoms with Crippen molar-refractivity contribution in [2.45, 2.75) is 52.1 Å². The van der Waals surface area contributed by atoms with Crippen molar-refractivity contribution in [2.24, 2.45) is 11.8 Å². The molecule has 1 aromatic rings. The number of hydrogen-bond acceptors (Lipinski definition) is 1. The fraction of sp³-hybridized carbons (Fsp3) is 0.625. The Morgan fingerprint density at radius 1 is 1.17 bits per heavy atom. The number of rotatable bonds is 3. The molecule has 0 aromatic heterocycles. The van der Waals surface area contributed by atoms with Gasteiger partial charge in [-0.1, -0.05) is 37.6 Å². The standard InChI is InChI=1S/C16H24ClN/c1-11-7-12(2)9-16(8-11)18-13(3)14-5-4-6-15(17)10-14/h4-6,10-13,16,18H,7-9H2,1-3H3. The van der Waals surface area contributed by atoms with E-state index in [0.29, 0.717) is 12.1 Å². The van der Waals surface area contributed by atoms with Gasteiger partial charge < -0.3 is 5.32 Å². The number of halogens is 1. The van der Waals surface area contributed by atoms with Gasteiger partial charge in [-0.25, -0.2) is 0 Å². The molecule has 100 valence electrons. The first-order valence-corrected chi connectivity index (χ1v) is 7.44. The average molecular weight is 266 g/mol. The van der Waals surface area contributed by atoms with E-state index in [9.17, 15) is 0 Å². The lowest BCUT2D eigenvalue weighted by Gasteiger charge is -2.34. The van der Waals surface area contributed by atoms with Crippen LogP contribution in [-0.4, -0.2) is 6.04 Å². The quantitative estimate of drug-likeness (QED) is 0.827. The second kappa shape index (κ2) is 6.08. The number of benzene rings is 1. The van der Waals surface area contributed by atoms with Crippen LogP contribution in [0.2, 0.25) is 5.02 Å². The van der Waals surface area contributed by atoms with E-state index < -0.39 is 0 Å². The molecule has 3 unspecified atom stereocenters. The van der Waals surface area contributed by atoms with Gasteiger partial charge in [0.05, 0.1) is 0 Å². The minimum Gasteiger partial charge on any atom is -0.307 e. The highest BCUT2D eigenvalue weighted by atomic mass is 35.5. The van der Waals surface area contributed by atoms with Gasteiger partial charge in [0.2, 0.25) is 0 Å². The molecule has 1 aliphatic rings. The van der Waals surface area contributed by atoms with Gasteiger partial charge in [-0.05, 0) is 55.7 Å². The number of nitrogens with one attached hydrogen (secondary N) is 1. The Morgan fingerprint density at radius 3 is 2.44 bits per heavy atom. The van der Waals surface area contributed by atoms with Gasteiger partial charge in [0, 0.05) is 17.1 Å². The molecule has 0 heterocycles. The normalized spacial score (nSPS) is 30.1. The van der Waals surface area contributed by atoms with Crippen LogP contribution >= 0.6 is 11.6 Å². The van der Waals surface area contributed by atoms with Crippen LogP contribution < -0.4 is 5.32 Å². The van der Waals surface area contributed by atoms with Gasteiger partial charge >= 0.3 is 0 Å². The second-order valence-electron chi connectivity index (χ2n) is 6.06. The predicted octanol–water partition coefficient (Wildman–Crippen LogP) is 4.82. The van der Waals surface area contributed by atoms with Crippen LogP contribution in [-0.2, 0) is 0 Å². The molecule has 0 saturated heterocycles. The maximum atomic E-state index is 6.05. The van der Waals surface area contributed by atoms with E-state index in [1.807, 2.05) is 12.1 Å². The summed E-state index contributed by atoms with van der Waals surface area (Å²) in [4.78, 5) is 0. The largest absolute Gasteiger partial charge is 0.307 e. The average Bonchev–Trinajstić information content (AvgIpc) is 2.27. The van der Waals surface area contributed by atoms with Crippen LogP contribution in [0.15, 0.2) is 24.3 Å². The van der Waals surface area contributed by atoms with Crippen molar-refractivity contribution in [1.29, 1.82) is 0 Å². The van der Waals surface area contributed by atoms with Gasteiger partial charge in [0.15, 0.2) is 0 Å². The molecule has 1 fully saturated rings. The molecule has 1 saturated carbocycles. The topological polar surface area (TPSA) is 12.0 Å². The molecular formula is C16H24ClN. The Labute approximate surface area is 116 Å². The van der Waals surface area contributed by atoms with Crippen molar-refractivity contribution in [3.05, 3.63) is 34.9 Å². The molecule has 0 bridgehead atoms. The molecule has 1 nitrogen and oxygen atoms in total. The lowest BCUT2D eigenvalue weighted by atomic mass is 9.80. The predicted molar refractivity (Wildman–Crippen MR) is 79.0 cm³/mol. The van der Waals surface area contributed by atoms with Gasteiger partial charge in [-0.3, -0.25) is 0 Å². The minimum absolute atomic E-state index is 0.381. The highest BCUT2D eigenvalue weighted by Crippen LogP contribution is 2.30. The van der Waals surface area contributed by atoms with Crippen LogP contribution in [0.1, 0.15) is 51.6 Å². The smallest absolute Gasteiger partial charge is 0.0409 e. The SMILES string of the molecule is CC1CC(C)CC(NC(C)c2cccc(Cl)c2)C1. The first kappa shape index (κ1) is 13.9. The van der Waals surface area contributed by atoms with E-state index in [0.717, 1.165) is 16.9 Å². The third-order valence-electron chi connectivity index (χ3n) is 4.01. The van der Waals surface area contributed by atoms with Gasteiger partial charge in [-0.2, -0.15) is 0 Å². The molecule has 0 amide bonds. The molecular weight excluding hydrogens is 242 g/mol. The van der Waals surface area contributed by atoms with E-state index in [1.54, 1.807) is 0 Å². The highest BCUT2D eigenvalue weighted by Gasteiger charge is 2.24. The van der Waals surface area contributed by atoms with Crippen molar-refractivity contribution in [3.63, 3.8) is 0 Å². The molecule has 0 aliphatic heterocycles. The molecule has 0 spiro atoms. The summed E-state index contributed by atoms with van der Waals surface area (Å²) in [6.45, 7) is 6.97. The Bertz CT molecular complexity index is 380. The van der Waals surface area contributed by atoms with Gasteiger partial charge in [0.25, 0.3) is 0 Å². The molecule has 2 rings (SSSR count). The summed E-state index contributed by atoms with van der Waals surface area (Å²) in [6, 6.07) is 9.21. The molecule has 0 radical (unpaired) electrons. The van der Waals surface area contributed by atoms with Crippen LogP contribution in [0.3, 0.4) is 0 Å². The number of hydrogen-bond donors (Lipinski definition) is 1. The third-order valence-corrected chi connectivity index (χ3v) is 4.25. The first-order valence-electron chi connectivity index (χ1n) is 7.06. The molecule has 1 aliphatic carbocycles. The van der Waals surface area contributed by atoms with E-state index in [-0.39, 0.29) is 0 Å². The Hall–Kier alpha value is -0.530. The Kier molecular flexibility index (Phi) is 4.69. The Morgan fingerprint density at radius 2 is 1.83 bits per heavy atom. The van der Waals surface area contributed by atoms with Crippen LogP contribution in [0, 0.1) is 11.8 Å². The summed E-state index contributed by atoms with van der Waals surface area (Å²) >= 11 is 6.05. The van der Waals surface area contributed by atoms with E-state index in [2.05, 4.69) is 38.2 Å². The lowest BCUT2D eigenvalue weighted by molar-refractivity contribution is 0.228. The van der Waals surface area contributed by atoms with Crippen molar-refractivity contribution >= 4 is 11.6 Å². The summed E-state index contributed by atoms with van der Waals surface area (Å²) in [6.07, 6.45) is 3.98. The maximum absolute atomic E-state index is 6.05. The summed E-state index contributed by atoms with van der Waals surface area (Å²) in [5.41, 5.74) is 1.29. The fourth-order valence-corrected chi connectivity index (χ4v) is 3.51. The van der Waals surface area contributed by atoms with Crippen LogP contribution in [0.25, 0.3) is 0 Å². The zero-order chi connectivity index (χ0) is 13.1. The minimum atomic E-state index is 0.381.